The predicted molar refractivity (Wildman–Crippen MR) is 79.1 cm³/mol. The number of nitrogens with zero attached hydrogens (tertiary/aromatic N) is 3. The van der Waals surface area contributed by atoms with E-state index in [0.29, 0.717) is 16.1 Å². The molecule has 0 radical (unpaired) electrons. The van der Waals surface area contributed by atoms with Gasteiger partial charge in [-0.3, -0.25) is 5.10 Å². The van der Waals surface area contributed by atoms with Crippen LogP contribution in [0.1, 0.15) is 24.7 Å². The highest BCUT2D eigenvalue weighted by molar-refractivity contribution is 7.71. The summed E-state index contributed by atoms with van der Waals surface area (Å²) < 4.78 is 7.03. The Hall–Kier alpha value is -2.15. The lowest BCUT2D eigenvalue weighted by Gasteiger charge is -2.05. The third kappa shape index (κ3) is 2.88. The van der Waals surface area contributed by atoms with Crippen molar-refractivity contribution in [2.24, 2.45) is 5.10 Å². The van der Waals surface area contributed by atoms with Gasteiger partial charge in [0, 0.05) is 12.0 Å². The molecule has 0 saturated carbocycles. The van der Waals surface area contributed by atoms with E-state index in [2.05, 4.69) is 22.2 Å². The summed E-state index contributed by atoms with van der Waals surface area (Å²) in [6, 6.07) is 5.20. The lowest BCUT2D eigenvalue weighted by molar-refractivity contribution is 0.373. The molecule has 1 aromatic heterocycles. The summed E-state index contributed by atoms with van der Waals surface area (Å²) in [5.74, 6) is 1.21. The van der Waals surface area contributed by atoms with Gasteiger partial charge in [-0.2, -0.15) is 14.9 Å². The first-order chi connectivity index (χ1) is 9.67. The van der Waals surface area contributed by atoms with Gasteiger partial charge in [0.1, 0.15) is 0 Å². The topological polar surface area (TPSA) is 75.4 Å². The van der Waals surface area contributed by atoms with Crippen LogP contribution in [-0.2, 0) is 6.42 Å². The highest BCUT2D eigenvalue weighted by Gasteiger charge is 2.06. The number of ether oxygens (including phenoxy) is 1. The molecule has 7 heteroatoms. The molecule has 0 unspecified atom stereocenters. The molecule has 0 saturated heterocycles. The Balaban J connectivity index is 2.35. The van der Waals surface area contributed by atoms with Gasteiger partial charge in [-0.25, -0.2) is 0 Å². The number of phenolic OH excluding ortho intramolecular Hbond substituents is 1. The number of aromatic hydroxyl groups is 1. The third-order valence-electron chi connectivity index (χ3n) is 2.75. The Morgan fingerprint density at radius 3 is 3.05 bits per heavy atom. The highest BCUT2D eigenvalue weighted by Crippen LogP contribution is 2.28. The normalized spacial score (nSPS) is 11.1. The fourth-order valence-electron chi connectivity index (χ4n) is 1.76. The second-order valence-electron chi connectivity index (χ2n) is 4.15. The summed E-state index contributed by atoms with van der Waals surface area (Å²) in [4.78, 5) is 0. The van der Waals surface area contributed by atoms with Crippen LogP contribution in [0.25, 0.3) is 0 Å². The standard InChI is InChI=1S/C13H16N4O2S/c1-3-5-11-15-16-13(20)17(11)14-8-9-6-4-7-10(19-2)12(9)18/h4,6-8,18H,3,5H2,1-2H3,(H,16,20)/b14-8+. The molecule has 0 aliphatic carbocycles. The van der Waals surface area contributed by atoms with Gasteiger partial charge >= 0.3 is 0 Å². The first-order valence-corrected chi connectivity index (χ1v) is 6.64. The van der Waals surface area contributed by atoms with E-state index in [-0.39, 0.29) is 5.75 Å². The zero-order valence-corrected chi connectivity index (χ0v) is 12.1. The summed E-state index contributed by atoms with van der Waals surface area (Å²) in [6.07, 6.45) is 3.25. The Morgan fingerprint density at radius 1 is 1.55 bits per heavy atom. The monoisotopic (exact) mass is 292 g/mol. The van der Waals surface area contributed by atoms with Gasteiger partial charge in [-0.1, -0.05) is 13.0 Å². The largest absolute Gasteiger partial charge is 0.504 e. The fourth-order valence-corrected chi connectivity index (χ4v) is 1.96. The van der Waals surface area contributed by atoms with Crippen molar-refractivity contribution in [3.05, 3.63) is 34.4 Å². The summed E-state index contributed by atoms with van der Waals surface area (Å²) in [5, 5.41) is 21.1. The lowest BCUT2D eigenvalue weighted by atomic mass is 10.2. The number of hydrogen-bond donors (Lipinski definition) is 2. The van der Waals surface area contributed by atoms with Crippen molar-refractivity contribution in [1.82, 2.24) is 14.9 Å². The molecule has 0 aliphatic rings. The number of aromatic amines is 1. The molecule has 0 fully saturated rings. The molecular weight excluding hydrogens is 276 g/mol. The van der Waals surface area contributed by atoms with Gasteiger partial charge in [0.2, 0.25) is 4.77 Å². The second-order valence-corrected chi connectivity index (χ2v) is 4.54. The summed E-state index contributed by atoms with van der Waals surface area (Å²) in [6.45, 7) is 2.06. The molecule has 2 rings (SSSR count). The minimum absolute atomic E-state index is 0.0470. The number of aromatic nitrogens is 3. The van der Waals surface area contributed by atoms with E-state index >= 15 is 0 Å². The van der Waals surface area contributed by atoms with Crippen LogP contribution in [0.4, 0.5) is 0 Å². The number of para-hydroxylation sites is 1. The van der Waals surface area contributed by atoms with Crippen LogP contribution >= 0.6 is 12.2 Å². The van der Waals surface area contributed by atoms with Gasteiger partial charge in [-0.15, -0.1) is 0 Å². The maximum Gasteiger partial charge on any atom is 0.216 e. The third-order valence-corrected chi connectivity index (χ3v) is 3.02. The van der Waals surface area contributed by atoms with Gasteiger partial charge in [-0.05, 0) is 30.8 Å². The van der Waals surface area contributed by atoms with Crippen molar-refractivity contribution in [1.29, 1.82) is 0 Å². The van der Waals surface area contributed by atoms with Crippen LogP contribution in [0.3, 0.4) is 0 Å². The van der Waals surface area contributed by atoms with Gasteiger partial charge in [0.15, 0.2) is 17.3 Å². The van der Waals surface area contributed by atoms with E-state index < -0.39 is 0 Å². The van der Waals surface area contributed by atoms with Crippen LogP contribution < -0.4 is 4.74 Å². The van der Waals surface area contributed by atoms with Crippen LogP contribution in [-0.4, -0.2) is 33.3 Å². The number of rotatable bonds is 5. The number of H-pyrrole nitrogens is 1. The zero-order valence-electron chi connectivity index (χ0n) is 11.3. The first kappa shape index (κ1) is 14.3. The van der Waals surface area contributed by atoms with Gasteiger partial charge in [0.05, 0.1) is 13.3 Å². The second kappa shape index (κ2) is 6.33. The summed E-state index contributed by atoms with van der Waals surface area (Å²) in [5.41, 5.74) is 0.551. The fraction of sp³-hybridized carbons (Fsp3) is 0.308. The maximum absolute atomic E-state index is 9.98. The molecule has 0 amide bonds. The molecule has 106 valence electrons. The number of hydrogen-bond acceptors (Lipinski definition) is 5. The minimum atomic E-state index is 0.0470. The average molecular weight is 292 g/mol. The smallest absolute Gasteiger partial charge is 0.216 e. The number of benzene rings is 1. The Kier molecular flexibility index (Phi) is 4.52. The van der Waals surface area contributed by atoms with Crippen LogP contribution in [0.5, 0.6) is 11.5 Å². The molecule has 0 atom stereocenters. The summed E-state index contributed by atoms with van der Waals surface area (Å²) >= 11 is 5.13. The Labute approximate surface area is 121 Å². The van der Waals surface area contributed by atoms with Crippen LogP contribution in [0, 0.1) is 4.77 Å². The quantitative estimate of drug-likeness (QED) is 0.656. The predicted octanol–water partition coefficient (Wildman–Crippen LogP) is 2.49. The van der Waals surface area contributed by atoms with E-state index in [1.54, 1.807) is 22.9 Å². The molecule has 0 spiro atoms. The van der Waals surface area contributed by atoms with Crippen molar-refractivity contribution < 1.29 is 9.84 Å². The van der Waals surface area contributed by atoms with E-state index in [1.165, 1.54) is 13.3 Å². The molecule has 2 N–H and O–H groups in total. The number of phenols is 1. The molecule has 6 nitrogen and oxygen atoms in total. The van der Waals surface area contributed by atoms with Crippen molar-refractivity contribution in [2.45, 2.75) is 19.8 Å². The number of aryl methyl sites for hydroxylation is 1. The zero-order chi connectivity index (χ0) is 14.5. The van der Waals surface area contributed by atoms with E-state index in [1.807, 2.05) is 0 Å². The molecule has 1 aromatic carbocycles. The minimum Gasteiger partial charge on any atom is -0.504 e. The summed E-state index contributed by atoms with van der Waals surface area (Å²) in [7, 11) is 1.50. The molecule has 0 aliphatic heterocycles. The van der Waals surface area contributed by atoms with Crippen molar-refractivity contribution >= 4 is 18.4 Å². The first-order valence-electron chi connectivity index (χ1n) is 6.24. The van der Waals surface area contributed by atoms with Crippen molar-refractivity contribution in [2.75, 3.05) is 7.11 Å². The van der Waals surface area contributed by atoms with Gasteiger partial charge in [0.25, 0.3) is 0 Å². The Bertz CT molecular complexity index is 675. The van der Waals surface area contributed by atoms with Crippen molar-refractivity contribution in [3.8, 4) is 11.5 Å². The van der Waals surface area contributed by atoms with Crippen molar-refractivity contribution in [3.63, 3.8) is 0 Å². The lowest BCUT2D eigenvalue weighted by Crippen LogP contribution is -1.99. The Morgan fingerprint density at radius 2 is 2.35 bits per heavy atom. The molecule has 0 bridgehead atoms. The number of methoxy groups -OCH3 is 1. The SMILES string of the molecule is CCCc1n[nH]c(=S)n1/N=C/c1cccc(OC)c1O. The molecule has 20 heavy (non-hydrogen) atoms. The molecular formula is C13H16N4O2S. The number of nitrogens with one attached hydrogen (secondary N) is 1. The van der Waals surface area contributed by atoms with E-state index in [4.69, 9.17) is 17.0 Å². The van der Waals surface area contributed by atoms with Crippen LogP contribution in [0.15, 0.2) is 23.3 Å². The van der Waals surface area contributed by atoms with Crippen LogP contribution in [0.2, 0.25) is 0 Å². The highest BCUT2D eigenvalue weighted by atomic mass is 32.1. The van der Waals surface area contributed by atoms with E-state index in [0.717, 1.165) is 18.7 Å². The average Bonchev–Trinajstić information content (AvgIpc) is 2.79. The van der Waals surface area contributed by atoms with Gasteiger partial charge < -0.3 is 9.84 Å². The molecule has 1 heterocycles. The molecule has 2 aromatic rings. The van der Waals surface area contributed by atoms with E-state index in [9.17, 15) is 5.11 Å². The maximum atomic E-state index is 9.98.